The Labute approximate surface area is 132 Å². The summed E-state index contributed by atoms with van der Waals surface area (Å²) in [5.74, 6) is 0.106. The second-order valence-corrected chi connectivity index (χ2v) is 7.25. The molecule has 6 nitrogen and oxygen atoms in total. The van der Waals surface area contributed by atoms with E-state index in [1.54, 1.807) is 6.92 Å². The minimum Gasteiger partial charge on any atom is -0.440 e. The highest BCUT2D eigenvalue weighted by Crippen LogP contribution is 2.17. The van der Waals surface area contributed by atoms with E-state index in [9.17, 15) is 9.00 Å². The normalized spacial score (nSPS) is 16.4. The smallest absolute Gasteiger partial charge is 0.440 e. The molecule has 7 heteroatoms. The summed E-state index contributed by atoms with van der Waals surface area (Å²) >= 11 is 0. The predicted molar refractivity (Wildman–Crippen MR) is 86.4 cm³/mol. The number of benzene rings is 1. The Kier molecular flexibility index (Phi) is 7.50. The number of nitrogens with zero attached hydrogens (tertiary/aromatic N) is 1. The fraction of sp³-hybridized carbons (Fsp3) is 0.533. The number of hydrogen-bond acceptors (Lipinski definition) is 4. The molecule has 0 aliphatic rings. The van der Waals surface area contributed by atoms with Gasteiger partial charge < -0.3 is 9.84 Å². The third-order valence-corrected chi connectivity index (χ3v) is 4.66. The topological polar surface area (TPSA) is 102 Å². The maximum atomic E-state index is 12.1. The van der Waals surface area contributed by atoms with Crippen molar-refractivity contribution < 1.29 is 18.8 Å². The van der Waals surface area contributed by atoms with Crippen molar-refractivity contribution in [1.82, 2.24) is 0 Å². The van der Waals surface area contributed by atoms with E-state index in [1.165, 1.54) is 0 Å². The van der Waals surface area contributed by atoms with Gasteiger partial charge >= 0.3 is 6.09 Å². The van der Waals surface area contributed by atoms with Crippen molar-refractivity contribution in [2.24, 2.45) is 15.4 Å². The van der Waals surface area contributed by atoms with E-state index in [0.29, 0.717) is 12.8 Å². The largest absolute Gasteiger partial charge is 0.443 e. The molecule has 0 spiro atoms. The lowest BCUT2D eigenvalue weighted by Crippen LogP contribution is -2.23. The molecule has 1 aromatic rings. The molecule has 124 valence electrons. The van der Waals surface area contributed by atoms with Crippen LogP contribution in [-0.2, 0) is 14.7 Å². The molecule has 1 amide bonds. The van der Waals surface area contributed by atoms with Crippen LogP contribution in [0.15, 0.2) is 34.7 Å². The fourth-order valence-electron chi connectivity index (χ4n) is 2.06. The summed E-state index contributed by atoms with van der Waals surface area (Å²) < 4.78 is 20.8. The Morgan fingerprint density at radius 3 is 2.59 bits per heavy atom. The van der Waals surface area contributed by atoms with Gasteiger partial charge in [-0.1, -0.05) is 37.3 Å². The quantitative estimate of drug-likeness (QED) is 0.803. The Bertz CT molecular complexity index is 582. The minimum absolute atomic E-state index is 0.00717. The number of rotatable bonds is 7. The van der Waals surface area contributed by atoms with E-state index in [2.05, 4.69) is 4.36 Å². The van der Waals surface area contributed by atoms with Gasteiger partial charge in [-0.05, 0) is 31.2 Å². The van der Waals surface area contributed by atoms with Crippen molar-refractivity contribution in [3.05, 3.63) is 35.9 Å². The van der Waals surface area contributed by atoms with Crippen LogP contribution in [-0.4, -0.2) is 27.8 Å². The van der Waals surface area contributed by atoms with Crippen LogP contribution in [0.5, 0.6) is 0 Å². The van der Waals surface area contributed by atoms with Gasteiger partial charge in [0, 0.05) is 12.4 Å². The predicted octanol–water partition coefficient (Wildman–Crippen LogP) is 2.63. The summed E-state index contributed by atoms with van der Waals surface area (Å²) in [4.78, 5) is 11.7. The highest BCUT2D eigenvalue weighted by atomic mass is 32.2. The number of carbonyl (C=O) groups is 1. The third kappa shape index (κ3) is 7.02. The van der Waals surface area contributed by atoms with E-state index < -0.39 is 22.1 Å². The van der Waals surface area contributed by atoms with E-state index in [4.69, 9.17) is 15.0 Å². The van der Waals surface area contributed by atoms with Crippen LogP contribution in [0, 0.1) is 5.92 Å². The maximum Gasteiger partial charge on any atom is 0.443 e. The van der Waals surface area contributed by atoms with Gasteiger partial charge in [-0.2, -0.15) is 0 Å². The first kappa shape index (κ1) is 18.6. The van der Waals surface area contributed by atoms with E-state index in [-0.39, 0.29) is 18.3 Å². The van der Waals surface area contributed by atoms with Crippen LogP contribution < -0.4 is 5.14 Å². The lowest BCUT2D eigenvalue weighted by atomic mass is 10.1. The van der Waals surface area contributed by atoms with Crippen LogP contribution in [0.3, 0.4) is 0 Å². The number of ether oxygens (including phenoxy) is 1. The van der Waals surface area contributed by atoms with Gasteiger partial charge in [0.1, 0.15) is 16.0 Å². The molecule has 0 radical (unpaired) electrons. The van der Waals surface area contributed by atoms with E-state index >= 15 is 0 Å². The van der Waals surface area contributed by atoms with Crippen molar-refractivity contribution in [2.75, 3.05) is 12.4 Å². The van der Waals surface area contributed by atoms with Gasteiger partial charge in [-0.3, -0.25) is 0 Å². The molecule has 0 bridgehead atoms. The van der Waals surface area contributed by atoms with Gasteiger partial charge in [0.2, 0.25) is 0 Å². The summed E-state index contributed by atoms with van der Waals surface area (Å²) in [6, 6.07) is 9.20. The SMILES string of the molecule is C[C@@H](CCCO)C[S@@](N)(=O)=NC(=O)O[C@@H](C)c1ccccc1. The molecule has 0 aromatic heterocycles. The lowest BCUT2D eigenvalue weighted by molar-refractivity contribution is 0.117. The van der Waals surface area contributed by atoms with Gasteiger partial charge in [0.05, 0.1) is 0 Å². The van der Waals surface area contributed by atoms with E-state index in [1.807, 2.05) is 37.3 Å². The Morgan fingerprint density at radius 2 is 2.00 bits per heavy atom. The number of carbonyl (C=O) groups excluding carboxylic acids is 1. The number of hydrogen-bond donors (Lipinski definition) is 2. The highest BCUT2D eigenvalue weighted by Gasteiger charge is 2.15. The zero-order valence-corrected chi connectivity index (χ0v) is 13.8. The molecule has 3 atom stereocenters. The fourth-order valence-corrected chi connectivity index (χ4v) is 3.41. The number of aliphatic hydroxyl groups excluding tert-OH is 1. The van der Waals surface area contributed by atoms with Crippen molar-refractivity contribution in [3.63, 3.8) is 0 Å². The first-order chi connectivity index (χ1) is 10.3. The molecule has 0 aliphatic carbocycles. The summed E-state index contributed by atoms with van der Waals surface area (Å²) in [6.45, 7) is 3.64. The molecule has 3 N–H and O–H groups in total. The van der Waals surface area contributed by atoms with Crippen molar-refractivity contribution in [1.29, 1.82) is 0 Å². The molecule has 1 rings (SSSR count). The molecular weight excluding hydrogens is 304 g/mol. The van der Waals surface area contributed by atoms with Crippen LogP contribution in [0.4, 0.5) is 4.79 Å². The summed E-state index contributed by atoms with van der Waals surface area (Å²) in [6.07, 6.45) is -0.125. The Balaban J connectivity index is 2.62. The van der Waals surface area contributed by atoms with Crippen molar-refractivity contribution >= 4 is 16.0 Å². The monoisotopic (exact) mass is 328 g/mol. The Morgan fingerprint density at radius 1 is 1.36 bits per heavy atom. The molecule has 22 heavy (non-hydrogen) atoms. The summed E-state index contributed by atoms with van der Waals surface area (Å²) in [7, 11) is -3.12. The number of nitrogens with two attached hydrogens (primary N) is 1. The second kappa shape index (κ2) is 8.87. The van der Waals surface area contributed by atoms with Crippen LogP contribution in [0.1, 0.15) is 38.4 Å². The highest BCUT2D eigenvalue weighted by molar-refractivity contribution is 7.91. The van der Waals surface area contributed by atoms with Crippen LogP contribution in [0.25, 0.3) is 0 Å². The second-order valence-electron chi connectivity index (χ2n) is 5.36. The lowest BCUT2D eigenvalue weighted by Gasteiger charge is -2.13. The molecule has 1 aromatic carbocycles. The van der Waals surface area contributed by atoms with Crippen molar-refractivity contribution in [3.8, 4) is 0 Å². The zero-order chi connectivity index (χ0) is 16.6. The average molecular weight is 328 g/mol. The van der Waals surface area contributed by atoms with Gasteiger partial charge in [-0.15, -0.1) is 4.36 Å². The van der Waals surface area contributed by atoms with E-state index in [0.717, 1.165) is 5.56 Å². The maximum absolute atomic E-state index is 12.1. The number of amides is 1. The first-order valence-corrected chi connectivity index (χ1v) is 8.98. The van der Waals surface area contributed by atoms with Crippen LogP contribution >= 0.6 is 0 Å². The average Bonchev–Trinajstić information content (AvgIpc) is 2.44. The molecular formula is C15H24N2O4S. The summed E-state index contributed by atoms with van der Waals surface area (Å²) in [5.41, 5.74) is 0.825. The molecule has 0 heterocycles. The molecule has 0 aliphatic heterocycles. The molecule has 0 saturated carbocycles. The third-order valence-electron chi connectivity index (χ3n) is 3.15. The first-order valence-electron chi connectivity index (χ1n) is 7.23. The van der Waals surface area contributed by atoms with Crippen molar-refractivity contribution in [2.45, 2.75) is 32.8 Å². The molecule has 0 fully saturated rings. The standard InChI is InChI=1S/C15H24N2O4S/c1-12(7-6-10-18)11-22(16,20)17-15(19)21-13(2)14-8-4-3-5-9-14/h3-5,8-9,12-13,18H,6-7,10-11H2,1-2H3,(H2,16,17,19,20)/t12-,13-,22-/m0/s1. The summed E-state index contributed by atoms with van der Waals surface area (Å²) in [5, 5.41) is 14.4. The molecule has 0 unspecified atom stereocenters. The minimum atomic E-state index is -3.12. The Hall–Kier alpha value is -1.44. The van der Waals surface area contributed by atoms with Gasteiger partial charge in [0.25, 0.3) is 0 Å². The number of aliphatic hydroxyl groups is 1. The zero-order valence-electron chi connectivity index (χ0n) is 13.0. The van der Waals surface area contributed by atoms with Gasteiger partial charge in [0.15, 0.2) is 0 Å². The molecule has 0 saturated heterocycles. The van der Waals surface area contributed by atoms with Gasteiger partial charge in [-0.25, -0.2) is 14.1 Å². The van der Waals surface area contributed by atoms with Crippen LogP contribution in [0.2, 0.25) is 0 Å².